The number of amides is 1. The van der Waals surface area contributed by atoms with Gasteiger partial charge in [-0.2, -0.15) is 5.26 Å². The van der Waals surface area contributed by atoms with Crippen LogP contribution in [0, 0.1) is 21.4 Å². The molecule has 0 heterocycles. The number of hydrogen-bond donors (Lipinski definition) is 1. The van der Waals surface area contributed by atoms with Gasteiger partial charge in [-0.15, -0.1) is 0 Å². The third kappa shape index (κ3) is 4.80. The van der Waals surface area contributed by atoms with Gasteiger partial charge in [-0.05, 0) is 18.2 Å². The van der Waals surface area contributed by atoms with Gasteiger partial charge in [0.25, 0.3) is 21.6 Å². The number of carbonyl (C=O) groups is 1. The molecule has 2 aromatic carbocycles. The first-order chi connectivity index (χ1) is 12.8. The highest BCUT2D eigenvalue weighted by molar-refractivity contribution is 7.92. The molecule has 1 amide bonds. The van der Waals surface area contributed by atoms with E-state index in [2.05, 4.69) is 4.72 Å². The maximum Gasteiger partial charge on any atom is 0.270 e. The van der Waals surface area contributed by atoms with Crippen molar-refractivity contribution in [2.75, 3.05) is 18.3 Å². The molecule has 0 saturated heterocycles. The molecule has 0 unspecified atom stereocenters. The van der Waals surface area contributed by atoms with Crippen LogP contribution in [0.5, 0.6) is 0 Å². The van der Waals surface area contributed by atoms with Crippen LogP contribution in [0.2, 0.25) is 0 Å². The summed E-state index contributed by atoms with van der Waals surface area (Å²) in [5, 5.41) is 19.5. The molecule has 0 bridgehead atoms. The van der Waals surface area contributed by atoms with Crippen molar-refractivity contribution in [3.63, 3.8) is 0 Å². The van der Waals surface area contributed by atoms with Crippen LogP contribution in [0.3, 0.4) is 0 Å². The molecule has 27 heavy (non-hydrogen) atoms. The van der Waals surface area contributed by atoms with E-state index >= 15 is 0 Å². The Bertz CT molecular complexity index is 1010. The highest BCUT2D eigenvalue weighted by Gasteiger charge is 2.22. The summed E-state index contributed by atoms with van der Waals surface area (Å²) in [6.07, 6.45) is 0.143. The number of nitrogens with one attached hydrogen (secondary N) is 1. The van der Waals surface area contributed by atoms with Gasteiger partial charge in [-0.3, -0.25) is 19.6 Å². The molecular formula is C17H16N4O5S. The zero-order valence-corrected chi connectivity index (χ0v) is 15.1. The van der Waals surface area contributed by atoms with Gasteiger partial charge in [0.1, 0.15) is 0 Å². The Balaban J connectivity index is 2.35. The number of sulfonamides is 1. The van der Waals surface area contributed by atoms with Gasteiger partial charge in [-0.25, -0.2) is 8.42 Å². The smallest absolute Gasteiger partial charge is 0.270 e. The maximum atomic E-state index is 12.6. The Morgan fingerprint density at radius 2 is 1.96 bits per heavy atom. The Kier molecular flexibility index (Phi) is 6.10. The maximum absolute atomic E-state index is 12.6. The molecule has 0 aliphatic heterocycles. The summed E-state index contributed by atoms with van der Waals surface area (Å²) in [7, 11) is -2.64. The molecule has 1 N–H and O–H groups in total. The van der Waals surface area contributed by atoms with E-state index in [9.17, 15) is 23.3 Å². The minimum Gasteiger partial charge on any atom is -0.341 e. The number of anilines is 1. The lowest BCUT2D eigenvalue weighted by Gasteiger charge is -2.18. The van der Waals surface area contributed by atoms with Crippen molar-refractivity contribution in [2.24, 2.45) is 0 Å². The van der Waals surface area contributed by atoms with Gasteiger partial charge >= 0.3 is 0 Å². The van der Waals surface area contributed by atoms with E-state index in [-0.39, 0.29) is 34.8 Å². The Morgan fingerprint density at radius 1 is 1.26 bits per heavy atom. The normalized spacial score (nSPS) is 10.7. The number of benzene rings is 2. The van der Waals surface area contributed by atoms with E-state index in [0.717, 1.165) is 6.07 Å². The first-order valence-corrected chi connectivity index (χ1v) is 9.23. The summed E-state index contributed by atoms with van der Waals surface area (Å²) >= 11 is 0. The second-order valence-electron chi connectivity index (χ2n) is 5.54. The first kappa shape index (κ1) is 19.9. The first-order valence-electron chi connectivity index (χ1n) is 7.75. The van der Waals surface area contributed by atoms with Crippen LogP contribution in [0.25, 0.3) is 0 Å². The fourth-order valence-electron chi connectivity index (χ4n) is 2.25. The van der Waals surface area contributed by atoms with Gasteiger partial charge in [0.2, 0.25) is 0 Å². The van der Waals surface area contributed by atoms with E-state index in [4.69, 9.17) is 5.26 Å². The van der Waals surface area contributed by atoms with Gasteiger partial charge in [0, 0.05) is 25.7 Å². The third-order valence-electron chi connectivity index (χ3n) is 3.65. The molecule has 0 saturated carbocycles. The van der Waals surface area contributed by atoms with Gasteiger partial charge in [0.05, 0.1) is 33.6 Å². The Morgan fingerprint density at radius 3 is 2.63 bits per heavy atom. The highest BCUT2D eigenvalue weighted by atomic mass is 32.2. The fourth-order valence-corrected chi connectivity index (χ4v) is 3.37. The lowest BCUT2D eigenvalue weighted by molar-refractivity contribution is -0.385. The number of carbonyl (C=O) groups excluding carboxylic acids is 1. The minimum atomic E-state index is -4.15. The molecule has 0 spiro atoms. The molecule has 140 valence electrons. The third-order valence-corrected chi connectivity index (χ3v) is 5.01. The number of rotatable bonds is 7. The van der Waals surface area contributed by atoms with Crippen molar-refractivity contribution >= 4 is 27.3 Å². The molecule has 0 aliphatic carbocycles. The van der Waals surface area contributed by atoms with E-state index in [0.29, 0.717) is 0 Å². The molecule has 10 heteroatoms. The predicted molar refractivity (Wildman–Crippen MR) is 97.5 cm³/mol. The van der Waals surface area contributed by atoms with Gasteiger partial charge in [-0.1, -0.05) is 18.2 Å². The molecule has 0 aliphatic rings. The monoisotopic (exact) mass is 388 g/mol. The minimum absolute atomic E-state index is 0.0396. The van der Waals surface area contributed by atoms with Crippen molar-refractivity contribution in [3.8, 4) is 6.07 Å². The lowest BCUT2D eigenvalue weighted by Crippen LogP contribution is -2.28. The summed E-state index contributed by atoms with van der Waals surface area (Å²) in [6, 6.07) is 12.5. The average molecular weight is 388 g/mol. The molecule has 2 aromatic rings. The van der Waals surface area contributed by atoms with Crippen LogP contribution >= 0.6 is 0 Å². The Labute approximate surface area is 156 Å². The number of para-hydroxylation sites is 1. The van der Waals surface area contributed by atoms with Crippen LogP contribution in [0.15, 0.2) is 53.4 Å². The molecular weight excluding hydrogens is 372 g/mol. The SMILES string of the molecule is CN(CCC#N)C(=O)c1ccccc1NS(=O)(=O)c1cccc([N+](=O)[O-])c1. The fraction of sp³-hybridized carbons (Fsp3) is 0.176. The van der Waals surface area contributed by atoms with Crippen molar-refractivity contribution in [1.82, 2.24) is 4.90 Å². The second-order valence-corrected chi connectivity index (χ2v) is 7.22. The van der Waals surface area contributed by atoms with Crippen molar-refractivity contribution in [2.45, 2.75) is 11.3 Å². The molecule has 2 rings (SSSR count). The largest absolute Gasteiger partial charge is 0.341 e. The van der Waals surface area contributed by atoms with E-state index in [1.54, 1.807) is 12.1 Å². The number of nitro benzene ring substituents is 1. The zero-order valence-electron chi connectivity index (χ0n) is 14.3. The number of non-ortho nitro benzene ring substituents is 1. The summed E-state index contributed by atoms with van der Waals surface area (Å²) in [5.74, 6) is -0.456. The van der Waals surface area contributed by atoms with Gasteiger partial charge in [0.15, 0.2) is 0 Å². The van der Waals surface area contributed by atoms with E-state index < -0.39 is 20.9 Å². The molecule has 0 atom stereocenters. The molecule has 9 nitrogen and oxygen atoms in total. The average Bonchev–Trinajstić information content (AvgIpc) is 2.65. The number of nitriles is 1. The standard InChI is InChI=1S/C17H16N4O5S/c1-20(11-5-10-18)17(22)15-8-2-3-9-16(15)19-27(25,26)14-7-4-6-13(12-14)21(23)24/h2-4,6-9,12,19H,5,11H2,1H3. The van der Waals surface area contributed by atoms with E-state index in [1.807, 2.05) is 6.07 Å². The number of nitro groups is 1. The van der Waals surface area contributed by atoms with Crippen LogP contribution in [0.1, 0.15) is 16.8 Å². The van der Waals surface area contributed by atoms with Crippen LogP contribution in [0.4, 0.5) is 11.4 Å². The predicted octanol–water partition coefficient (Wildman–Crippen LogP) is 2.38. The topological polar surface area (TPSA) is 133 Å². The van der Waals surface area contributed by atoms with Crippen LogP contribution in [-0.2, 0) is 10.0 Å². The van der Waals surface area contributed by atoms with E-state index in [1.165, 1.54) is 42.3 Å². The quantitative estimate of drug-likeness (QED) is 0.572. The molecule has 0 radical (unpaired) electrons. The summed E-state index contributed by atoms with van der Waals surface area (Å²) in [5.41, 5.74) is -0.219. The van der Waals surface area contributed by atoms with Crippen molar-refractivity contribution < 1.29 is 18.1 Å². The summed E-state index contributed by atoms with van der Waals surface area (Å²) in [6.45, 7) is 0.196. The lowest BCUT2D eigenvalue weighted by atomic mass is 10.1. The summed E-state index contributed by atoms with van der Waals surface area (Å²) in [4.78, 5) is 23.7. The van der Waals surface area contributed by atoms with Crippen molar-refractivity contribution in [3.05, 3.63) is 64.2 Å². The highest BCUT2D eigenvalue weighted by Crippen LogP contribution is 2.23. The number of hydrogen-bond acceptors (Lipinski definition) is 6. The second kappa shape index (κ2) is 8.29. The van der Waals surface area contributed by atoms with Gasteiger partial charge < -0.3 is 4.90 Å². The number of nitrogens with zero attached hydrogens (tertiary/aromatic N) is 3. The zero-order chi connectivity index (χ0) is 20.0. The molecule has 0 aromatic heterocycles. The van der Waals surface area contributed by atoms with Crippen molar-refractivity contribution in [1.29, 1.82) is 5.26 Å². The molecule has 0 fully saturated rings. The summed E-state index contributed by atoms with van der Waals surface area (Å²) < 4.78 is 27.5. The van der Waals surface area contributed by atoms with Crippen LogP contribution in [-0.4, -0.2) is 37.7 Å². The van der Waals surface area contributed by atoms with Crippen LogP contribution < -0.4 is 4.72 Å². The Hall–Kier alpha value is -3.45.